The summed E-state index contributed by atoms with van der Waals surface area (Å²) < 4.78 is 0. The van der Waals surface area contributed by atoms with E-state index in [0.717, 1.165) is 35.8 Å². The van der Waals surface area contributed by atoms with Crippen LogP contribution >= 0.6 is 0 Å². The number of nitrogens with one attached hydrogen (secondary N) is 1. The van der Waals surface area contributed by atoms with E-state index in [-0.39, 0.29) is 0 Å². The second kappa shape index (κ2) is 7.26. The fourth-order valence-electron chi connectivity index (χ4n) is 4.11. The minimum atomic E-state index is 0.731. The van der Waals surface area contributed by atoms with Gasteiger partial charge >= 0.3 is 0 Å². The topological polar surface area (TPSA) is 15.3 Å². The maximum Gasteiger partial charge on any atom is 0.0110 e. The van der Waals surface area contributed by atoms with E-state index in [1.807, 2.05) is 0 Å². The summed E-state index contributed by atoms with van der Waals surface area (Å²) in [5.74, 6) is 3.45. The Labute approximate surface area is 126 Å². The molecule has 0 aliphatic heterocycles. The van der Waals surface area contributed by atoms with E-state index in [2.05, 4.69) is 45.0 Å². The van der Waals surface area contributed by atoms with Crippen molar-refractivity contribution in [2.75, 3.05) is 20.1 Å². The van der Waals surface area contributed by atoms with Crippen LogP contribution in [0.15, 0.2) is 0 Å². The summed E-state index contributed by atoms with van der Waals surface area (Å²) in [6.45, 7) is 12.3. The van der Waals surface area contributed by atoms with Crippen LogP contribution in [0, 0.1) is 23.7 Å². The summed E-state index contributed by atoms with van der Waals surface area (Å²) >= 11 is 0. The Balaban J connectivity index is 1.93. The zero-order valence-electron chi connectivity index (χ0n) is 14.4. The fourth-order valence-corrected chi connectivity index (χ4v) is 4.11. The molecule has 0 radical (unpaired) electrons. The average Bonchev–Trinajstić information content (AvgIpc) is 3.20. The Bertz CT molecular complexity index is 285. The van der Waals surface area contributed by atoms with Gasteiger partial charge in [0.05, 0.1) is 0 Å². The van der Waals surface area contributed by atoms with E-state index < -0.39 is 0 Å². The molecule has 0 spiro atoms. The van der Waals surface area contributed by atoms with Crippen molar-refractivity contribution < 1.29 is 0 Å². The molecule has 4 unspecified atom stereocenters. The monoisotopic (exact) mass is 280 g/mol. The lowest BCUT2D eigenvalue weighted by molar-refractivity contribution is 0.0982. The molecule has 20 heavy (non-hydrogen) atoms. The highest BCUT2D eigenvalue weighted by Crippen LogP contribution is 2.36. The maximum atomic E-state index is 3.62. The van der Waals surface area contributed by atoms with Crippen LogP contribution in [-0.4, -0.2) is 37.1 Å². The molecule has 4 atom stereocenters. The highest BCUT2D eigenvalue weighted by molar-refractivity contribution is 4.92. The van der Waals surface area contributed by atoms with Gasteiger partial charge in [0.15, 0.2) is 0 Å². The molecule has 1 N–H and O–H groups in total. The Morgan fingerprint density at radius 2 is 1.85 bits per heavy atom. The van der Waals surface area contributed by atoms with Crippen LogP contribution in [0.25, 0.3) is 0 Å². The third-order valence-electron chi connectivity index (χ3n) is 5.55. The first kappa shape index (κ1) is 16.3. The quantitative estimate of drug-likeness (QED) is 0.764. The molecule has 0 aromatic heterocycles. The van der Waals surface area contributed by atoms with E-state index in [9.17, 15) is 0 Å². The maximum absolute atomic E-state index is 3.62. The Morgan fingerprint density at radius 3 is 2.40 bits per heavy atom. The molecule has 2 nitrogen and oxygen atoms in total. The molecule has 2 saturated carbocycles. The molecule has 0 amide bonds. The molecule has 2 aliphatic rings. The van der Waals surface area contributed by atoms with Crippen LogP contribution in [0.1, 0.15) is 59.8 Å². The van der Waals surface area contributed by atoms with Gasteiger partial charge in [-0.05, 0) is 69.4 Å². The van der Waals surface area contributed by atoms with Crippen LogP contribution in [0.3, 0.4) is 0 Å². The lowest BCUT2D eigenvalue weighted by Gasteiger charge is -2.42. The summed E-state index contributed by atoms with van der Waals surface area (Å²) in [7, 11) is 2.16. The van der Waals surface area contributed by atoms with Crippen molar-refractivity contribution in [2.45, 2.75) is 71.9 Å². The summed E-state index contributed by atoms with van der Waals surface area (Å²) in [4.78, 5) is 2.82. The number of hydrogen-bond donors (Lipinski definition) is 1. The molecule has 2 rings (SSSR count). The molecule has 0 heterocycles. The summed E-state index contributed by atoms with van der Waals surface area (Å²) in [6.07, 6.45) is 7.04. The van der Waals surface area contributed by atoms with Gasteiger partial charge in [0.1, 0.15) is 0 Å². The van der Waals surface area contributed by atoms with Crippen LogP contribution in [0.2, 0.25) is 0 Å². The molecule has 2 fully saturated rings. The zero-order chi connectivity index (χ0) is 14.7. The molecular formula is C18H36N2. The van der Waals surface area contributed by atoms with E-state index in [4.69, 9.17) is 0 Å². The third-order valence-corrected chi connectivity index (χ3v) is 5.55. The van der Waals surface area contributed by atoms with E-state index in [1.165, 1.54) is 45.2 Å². The van der Waals surface area contributed by atoms with E-state index >= 15 is 0 Å². The number of nitrogens with zero attached hydrogens (tertiary/aromatic N) is 1. The SMILES string of the molecule is CNC1CC(C)CC(C)C1CN(CCC(C)C)C1CC1. The van der Waals surface area contributed by atoms with Crippen molar-refractivity contribution in [2.24, 2.45) is 23.7 Å². The van der Waals surface area contributed by atoms with E-state index in [1.54, 1.807) is 0 Å². The lowest BCUT2D eigenvalue weighted by atomic mass is 9.72. The van der Waals surface area contributed by atoms with Crippen molar-refractivity contribution in [1.82, 2.24) is 10.2 Å². The van der Waals surface area contributed by atoms with Crippen molar-refractivity contribution in [3.05, 3.63) is 0 Å². The number of hydrogen-bond acceptors (Lipinski definition) is 2. The van der Waals surface area contributed by atoms with Gasteiger partial charge in [0.25, 0.3) is 0 Å². The second-order valence-electron chi connectivity index (χ2n) is 8.02. The molecule has 2 heteroatoms. The van der Waals surface area contributed by atoms with Gasteiger partial charge in [-0.15, -0.1) is 0 Å². The summed E-state index contributed by atoms with van der Waals surface area (Å²) in [6, 6.07) is 1.65. The van der Waals surface area contributed by atoms with Gasteiger partial charge in [-0.1, -0.05) is 27.7 Å². The van der Waals surface area contributed by atoms with Crippen molar-refractivity contribution in [3.63, 3.8) is 0 Å². The molecule has 0 aromatic rings. The first-order chi connectivity index (χ1) is 9.51. The number of rotatable bonds is 7. The molecular weight excluding hydrogens is 244 g/mol. The Hall–Kier alpha value is -0.0800. The molecule has 118 valence electrons. The normalized spacial score (nSPS) is 35.0. The van der Waals surface area contributed by atoms with Crippen LogP contribution in [0.5, 0.6) is 0 Å². The first-order valence-electron chi connectivity index (χ1n) is 8.92. The molecule has 0 aromatic carbocycles. The Morgan fingerprint density at radius 1 is 1.15 bits per heavy atom. The summed E-state index contributed by atoms with van der Waals surface area (Å²) in [5, 5.41) is 3.62. The predicted octanol–water partition coefficient (Wildman–Crippen LogP) is 3.77. The highest BCUT2D eigenvalue weighted by atomic mass is 15.2. The van der Waals surface area contributed by atoms with Gasteiger partial charge < -0.3 is 10.2 Å². The van der Waals surface area contributed by atoms with Gasteiger partial charge in [-0.25, -0.2) is 0 Å². The smallest absolute Gasteiger partial charge is 0.0110 e. The largest absolute Gasteiger partial charge is 0.317 e. The average molecular weight is 281 g/mol. The van der Waals surface area contributed by atoms with Crippen molar-refractivity contribution in [1.29, 1.82) is 0 Å². The van der Waals surface area contributed by atoms with Gasteiger partial charge in [0, 0.05) is 18.6 Å². The van der Waals surface area contributed by atoms with Crippen LogP contribution < -0.4 is 5.32 Å². The summed E-state index contributed by atoms with van der Waals surface area (Å²) in [5.41, 5.74) is 0. The van der Waals surface area contributed by atoms with Gasteiger partial charge in [-0.2, -0.15) is 0 Å². The molecule has 0 bridgehead atoms. The van der Waals surface area contributed by atoms with E-state index in [0.29, 0.717) is 0 Å². The first-order valence-corrected chi connectivity index (χ1v) is 8.92. The Kier molecular flexibility index (Phi) is 5.92. The minimum Gasteiger partial charge on any atom is -0.317 e. The molecule has 2 aliphatic carbocycles. The van der Waals surface area contributed by atoms with Gasteiger partial charge in [-0.3, -0.25) is 0 Å². The minimum absolute atomic E-state index is 0.731. The lowest BCUT2D eigenvalue weighted by Crippen LogP contribution is -2.48. The van der Waals surface area contributed by atoms with Crippen molar-refractivity contribution in [3.8, 4) is 0 Å². The molecule has 0 saturated heterocycles. The standard InChI is InChI=1S/C18H36N2/c1-13(2)8-9-20(16-6-7-16)12-17-15(4)10-14(3)11-18(17)19-5/h13-19H,6-12H2,1-5H3. The highest BCUT2D eigenvalue weighted by Gasteiger charge is 2.37. The fraction of sp³-hybridized carbons (Fsp3) is 1.00. The van der Waals surface area contributed by atoms with Gasteiger partial charge in [0.2, 0.25) is 0 Å². The van der Waals surface area contributed by atoms with Crippen molar-refractivity contribution >= 4 is 0 Å². The predicted molar refractivity (Wildman–Crippen MR) is 87.9 cm³/mol. The van der Waals surface area contributed by atoms with Crippen LogP contribution in [-0.2, 0) is 0 Å². The van der Waals surface area contributed by atoms with Crippen LogP contribution in [0.4, 0.5) is 0 Å². The third kappa shape index (κ3) is 4.46. The second-order valence-corrected chi connectivity index (χ2v) is 8.02. The zero-order valence-corrected chi connectivity index (χ0v) is 14.4.